The highest BCUT2D eigenvalue weighted by atomic mass is 32.2. The molecule has 0 saturated heterocycles. The monoisotopic (exact) mass is 287 g/mol. The van der Waals surface area contributed by atoms with Gasteiger partial charge in [-0.1, -0.05) is 6.92 Å². The van der Waals surface area contributed by atoms with Crippen LogP contribution >= 0.6 is 0 Å². The molecule has 0 aliphatic rings. The van der Waals surface area contributed by atoms with Crippen molar-refractivity contribution in [3.63, 3.8) is 0 Å². The molecule has 0 radical (unpaired) electrons. The third-order valence-electron chi connectivity index (χ3n) is 3.00. The number of benzene rings is 1. The van der Waals surface area contributed by atoms with Gasteiger partial charge in [-0.2, -0.15) is 0 Å². The number of hydrogen-bond acceptors (Lipinski definition) is 5. The van der Waals surface area contributed by atoms with Gasteiger partial charge in [0.15, 0.2) is 9.84 Å². The summed E-state index contributed by atoms with van der Waals surface area (Å²) in [5.41, 5.74) is 0.688. The van der Waals surface area contributed by atoms with Gasteiger partial charge in [-0.05, 0) is 25.1 Å². The number of ether oxygens (including phenoxy) is 1. The van der Waals surface area contributed by atoms with Crippen LogP contribution in [0.4, 0.5) is 0 Å². The first-order chi connectivity index (χ1) is 8.89. The lowest BCUT2D eigenvalue weighted by Gasteiger charge is -2.16. The van der Waals surface area contributed by atoms with Crippen LogP contribution in [0.3, 0.4) is 0 Å². The maximum absolute atomic E-state index is 11.4. The van der Waals surface area contributed by atoms with E-state index in [9.17, 15) is 13.5 Å². The predicted octanol–water partition coefficient (Wildman–Crippen LogP) is 1.49. The third-order valence-corrected chi connectivity index (χ3v) is 4.71. The minimum Gasteiger partial charge on any atom is -0.508 e. The van der Waals surface area contributed by atoms with E-state index in [0.29, 0.717) is 17.9 Å². The zero-order valence-corrected chi connectivity index (χ0v) is 12.3. The molecule has 2 N–H and O–H groups in total. The van der Waals surface area contributed by atoms with E-state index in [0.717, 1.165) is 0 Å². The first kappa shape index (κ1) is 15.8. The standard InChI is InChI=1S/C13H21NO4S/c1-4-19(16,17)8-7-14-10(2)12-9-11(18-3)5-6-13(12)15/h5-6,9-10,14-15H,4,7-8H2,1-3H3. The topological polar surface area (TPSA) is 75.6 Å². The molecule has 1 aromatic rings. The summed E-state index contributed by atoms with van der Waals surface area (Å²) in [7, 11) is -1.41. The Hall–Kier alpha value is -1.27. The van der Waals surface area contributed by atoms with Crippen LogP contribution < -0.4 is 10.1 Å². The van der Waals surface area contributed by atoms with Crippen LogP contribution in [-0.4, -0.2) is 38.7 Å². The van der Waals surface area contributed by atoms with Crippen molar-refractivity contribution in [2.75, 3.05) is 25.2 Å². The summed E-state index contributed by atoms with van der Waals surface area (Å²) in [5, 5.41) is 12.9. The minimum absolute atomic E-state index is 0.0958. The van der Waals surface area contributed by atoms with E-state index >= 15 is 0 Å². The van der Waals surface area contributed by atoms with Crippen LogP contribution in [0.2, 0.25) is 0 Å². The van der Waals surface area contributed by atoms with Crippen molar-refractivity contribution < 1.29 is 18.3 Å². The van der Waals surface area contributed by atoms with Crippen LogP contribution in [0.1, 0.15) is 25.5 Å². The van der Waals surface area contributed by atoms with Crippen molar-refractivity contribution in [2.24, 2.45) is 0 Å². The normalized spacial score (nSPS) is 13.2. The lowest BCUT2D eigenvalue weighted by molar-refractivity contribution is 0.408. The Balaban J connectivity index is 2.65. The van der Waals surface area contributed by atoms with Crippen molar-refractivity contribution in [3.05, 3.63) is 23.8 Å². The molecule has 0 heterocycles. The molecule has 108 valence electrons. The molecule has 1 unspecified atom stereocenters. The Bertz CT molecular complexity index is 513. The van der Waals surface area contributed by atoms with Gasteiger partial charge in [-0.25, -0.2) is 8.42 Å². The molecule has 0 spiro atoms. The maximum Gasteiger partial charge on any atom is 0.151 e. The van der Waals surface area contributed by atoms with Gasteiger partial charge in [0, 0.05) is 23.9 Å². The molecule has 0 bridgehead atoms. The van der Waals surface area contributed by atoms with Crippen molar-refractivity contribution in [1.29, 1.82) is 0 Å². The van der Waals surface area contributed by atoms with Gasteiger partial charge in [0.25, 0.3) is 0 Å². The molecule has 5 nitrogen and oxygen atoms in total. The van der Waals surface area contributed by atoms with E-state index < -0.39 is 9.84 Å². The fraction of sp³-hybridized carbons (Fsp3) is 0.538. The van der Waals surface area contributed by atoms with Crippen LogP contribution in [0.5, 0.6) is 11.5 Å². The Morgan fingerprint density at radius 3 is 2.68 bits per heavy atom. The van der Waals surface area contributed by atoms with Crippen LogP contribution in [0.15, 0.2) is 18.2 Å². The van der Waals surface area contributed by atoms with E-state index in [2.05, 4.69) is 5.32 Å². The molecule has 6 heteroatoms. The first-order valence-corrected chi connectivity index (χ1v) is 8.02. The SMILES string of the molecule is CCS(=O)(=O)CCNC(C)c1cc(OC)ccc1O. The zero-order chi connectivity index (χ0) is 14.5. The molecular formula is C13H21NO4S. The van der Waals surface area contributed by atoms with Gasteiger partial charge < -0.3 is 15.2 Å². The molecule has 1 aromatic carbocycles. The van der Waals surface area contributed by atoms with Gasteiger partial charge in [0.05, 0.1) is 12.9 Å². The molecule has 0 fully saturated rings. The second-order valence-electron chi connectivity index (χ2n) is 4.34. The number of phenolic OH excluding ortho intramolecular Hbond substituents is 1. The number of phenols is 1. The molecule has 0 aromatic heterocycles. The van der Waals surface area contributed by atoms with Gasteiger partial charge in [0.1, 0.15) is 11.5 Å². The van der Waals surface area contributed by atoms with Crippen molar-refractivity contribution in [1.82, 2.24) is 5.32 Å². The molecule has 0 saturated carbocycles. The summed E-state index contributed by atoms with van der Waals surface area (Å²) >= 11 is 0. The van der Waals surface area contributed by atoms with Crippen molar-refractivity contribution >= 4 is 9.84 Å². The maximum atomic E-state index is 11.4. The average molecular weight is 287 g/mol. The van der Waals surface area contributed by atoms with Gasteiger partial charge in [-0.15, -0.1) is 0 Å². The molecule has 1 rings (SSSR count). The largest absolute Gasteiger partial charge is 0.508 e. The lowest BCUT2D eigenvalue weighted by atomic mass is 10.1. The van der Waals surface area contributed by atoms with Crippen LogP contribution in [0.25, 0.3) is 0 Å². The second-order valence-corrected chi connectivity index (χ2v) is 6.81. The highest BCUT2D eigenvalue weighted by Gasteiger charge is 2.13. The summed E-state index contributed by atoms with van der Waals surface area (Å²) in [6.45, 7) is 3.85. The van der Waals surface area contributed by atoms with E-state index in [-0.39, 0.29) is 23.3 Å². The number of sulfone groups is 1. The van der Waals surface area contributed by atoms with E-state index in [1.807, 2.05) is 6.92 Å². The average Bonchev–Trinajstić information content (AvgIpc) is 2.39. The number of aromatic hydroxyl groups is 1. The summed E-state index contributed by atoms with van der Waals surface area (Å²) in [5.74, 6) is 1.06. The highest BCUT2D eigenvalue weighted by molar-refractivity contribution is 7.91. The van der Waals surface area contributed by atoms with E-state index in [4.69, 9.17) is 4.74 Å². The summed E-state index contributed by atoms with van der Waals surface area (Å²) in [6.07, 6.45) is 0. The Morgan fingerprint density at radius 1 is 1.42 bits per heavy atom. The summed E-state index contributed by atoms with van der Waals surface area (Å²) in [6, 6.07) is 4.82. The molecule has 1 atom stereocenters. The molecular weight excluding hydrogens is 266 g/mol. The Labute approximate surface area is 114 Å². The fourth-order valence-corrected chi connectivity index (χ4v) is 2.41. The quantitative estimate of drug-likeness (QED) is 0.794. The van der Waals surface area contributed by atoms with E-state index in [1.165, 1.54) is 0 Å². The van der Waals surface area contributed by atoms with Crippen LogP contribution in [-0.2, 0) is 9.84 Å². The molecule has 0 aliphatic carbocycles. The van der Waals surface area contributed by atoms with Gasteiger partial charge in [0.2, 0.25) is 0 Å². The van der Waals surface area contributed by atoms with E-state index in [1.54, 1.807) is 32.2 Å². The van der Waals surface area contributed by atoms with Gasteiger partial charge >= 0.3 is 0 Å². The van der Waals surface area contributed by atoms with Gasteiger partial charge in [-0.3, -0.25) is 0 Å². The van der Waals surface area contributed by atoms with Crippen molar-refractivity contribution in [3.8, 4) is 11.5 Å². The first-order valence-electron chi connectivity index (χ1n) is 6.20. The van der Waals surface area contributed by atoms with Crippen LogP contribution in [0, 0.1) is 0 Å². The number of methoxy groups -OCH3 is 1. The lowest BCUT2D eigenvalue weighted by Crippen LogP contribution is -2.26. The second kappa shape index (κ2) is 6.77. The predicted molar refractivity (Wildman–Crippen MR) is 75.4 cm³/mol. The minimum atomic E-state index is -2.97. The number of nitrogens with one attached hydrogen (secondary N) is 1. The number of rotatable bonds is 7. The Kier molecular flexibility index (Phi) is 5.62. The third kappa shape index (κ3) is 4.72. The Morgan fingerprint density at radius 2 is 2.11 bits per heavy atom. The summed E-state index contributed by atoms with van der Waals surface area (Å²) in [4.78, 5) is 0. The summed E-state index contributed by atoms with van der Waals surface area (Å²) < 4.78 is 27.9. The smallest absolute Gasteiger partial charge is 0.151 e. The molecule has 19 heavy (non-hydrogen) atoms. The molecule has 0 amide bonds. The zero-order valence-electron chi connectivity index (χ0n) is 11.5. The fourth-order valence-electron chi connectivity index (χ4n) is 1.69. The highest BCUT2D eigenvalue weighted by Crippen LogP contribution is 2.28. The molecule has 0 aliphatic heterocycles. The number of hydrogen-bond donors (Lipinski definition) is 2. The van der Waals surface area contributed by atoms with Crippen molar-refractivity contribution in [2.45, 2.75) is 19.9 Å².